The van der Waals surface area contributed by atoms with Crippen molar-refractivity contribution in [3.8, 4) is 0 Å². The van der Waals surface area contributed by atoms with Crippen molar-refractivity contribution < 1.29 is 19.1 Å². The molecule has 3 N–H and O–H groups in total. The van der Waals surface area contributed by atoms with Crippen molar-refractivity contribution in [3.63, 3.8) is 0 Å². The van der Waals surface area contributed by atoms with Crippen LogP contribution in [-0.2, 0) is 14.3 Å². The van der Waals surface area contributed by atoms with Crippen LogP contribution in [0.15, 0.2) is 23.1 Å². The van der Waals surface area contributed by atoms with Gasteiger partial charge in [0.1, 0.15) is 5.00 Å². The molecule has 1 heterocycles. The summed E-state index contributed by atoms with van der Waals surface area (Å²) in [5.41, 5.74) is 6.47. The molecule has 3 atom stereocenters. The largest absolute Gasteiger partial charge is 0.452 e. The average Bonchev–Trinajstić information content (AvgIpc) is 2.84. The fraction of sp³-hybridized carbons (Fsp3) is 0.500. The highest BCUT2D eigenvalue weighted by atomic mass is 32.1. The number of nitrogens with two attached hydrogens (primary N) is 1. The molecule has 0 radical (unpaired) electrons. The van der Waals surface area contributed by atoms with Crippen molar-refractivity contribution in [1.29, 1.82) is 0 Å². The summed E-state index contributed by atoms with van der Waals surface area (Å²) in [5, 5.41) is 4.60. The highest BCUT2D eigenvalue weighted by Crippen LogP contribution is 2.59. The zero-order valence-corrected chi connectivity index (χ0v) is 15.9. The van der Waals surface area contributed by atoms with E-state index >= 15 is 0 Å². The minimum absolute atomic E-state index is 0.124. The first kappa shape index (κ1) is 19.2. The van der Waals surface area contributed by atoms with Crippen LogP contribution in [0.3, 0.4) is 0 Å². The van der Waals surface area contributed by atoms with Crippen LogP contribution >= 0.6 is 11.3 Å². The fourth-order valence-electron chi connectivity index (χ4n) is 2.91. The van der Waals surface area contributed by atoms with Gasteiger partial charge in [-0.25, -0.2) is 0 Å². The molecule has 0 saturated heterocycles. The Kier molecular flexibility index (Phi) is 5.37. The SMILES string of the molecule is CC(C)=CC1C(C(=O)OC(C)C(=O)Nc2sccc2C(N)=O)C1(C)C. The van der Waals surface area contributed by atoms with E-state index in [0.717, 1.165) is 5.57 Å². The van der Waals surface area contributed by atoms with Gasteiger partial charge in [0, 0.05) is 0 Å². The van der Waals surface area contributed by atoms with E-state index in [-0.39, 0.29) is 28.8 Å². The predicted octanol–water partition coefficient (Wildman–Crippen LogP) is 2.96. The molecule has 1 aliphatic rings. The Morgan fingerprint density at radius 3 is 2.56 bits per heavy atom. The number of primary amides is 1. The van der Waals surface area contributed by atoms with Crippen LogP contribution in [0, 0.1) is 17.3 Å². The molecule has 0 aromatic carbocycles. The van der Waals surface area contributed by atoms with Gasteiger partial charge in [0.2, 0.25) is 0 Å². The van der Waals surface area contributed by atoms with E-state index in [9.17, 15) is 14.4 Å². The zero-order valence-electron chi connectivity index (χ0n) is 15.1. The number of allylic oxidation sites excluding steroid dienone is 2. The van der Waals surface area contributed by atoms with Gasteiger partial charge in [-0.2, -0.15) is 0 Å². The third-order valence-electron chi connectivity index (χ3n) is 4.51. The Hall–Kier alpha value is -2.15. The van der Waals surface area contributed by atoms with Gasteiger partial charge in [0.05, 0.1) is 11.5 Å². The first-order chi connectivity index (χ1) is 11.6. The number of esters is 1. The van der Waals surface area contributed by atoms with Crippen molar-refractivity contribution in [2.24, 2.45) is 23.0 Å². The van der Waals surface area contributed by atoms with E-state index in [1.54, 1.807) is 5.38 Å². The highest BCUT2D eigenvalue weighted by molar-refractivity contribution is 7.14. The number of anilines is 1. The number of ether oxygens (including phenoxy) is 1. The Morgan fingerprint density at radius 1 is 1.36 bits per heavy atom. The summed E-state index contributed by atoms with van der Waals surface area (Å²) < 4.78 is 5.34. The summed E-state index contributed by atoms with van der Waals surface area (Å²) >= 11 is 1.19. The summed E-state index contributed by atoms with van der Waals surface area (Å²) in [6, 6.07) is 1.54. The first-order valence-electron chi connectivity index (χ1n) is 8.09. The topological polar surface area (TPSA) is 98.5 Å². The van der Waals surface area contributed by atoms with Crippen molar-refractivity contribution in [3.05, 3.63) is 28.7 Å². The summed E-state index contributed by atoms with van der Waals surface area (Å²) in [6.07, 6.45) is 1.11. The monoisotopic (exact) mass is 364 g/mol. The molecule has 25 heavy (non-hydrogen) atoms. The number of thiophene rings is 1. The molecule has 0 spiro atoms. The summed E-state index contributed by atoms with van der Waals surface area (Å²) in [4.78, 5) is 35.9. The van der Waals surface area contributed by atoms with Crippen LogP contribution in [0.25, 0.3) is 0 Å². The molecule has 3 unspecified atom stereocenters. The normalized spacial score (nSPS) is 21.8. The van der Waals surface area contributed by atoms with Gasteiger partial charge in [-0.05, 0) is 43.6 Å². The Bertz CT molecular complexity index is 731. The van der Waals surface area contributed by atoms with Crippen LogP contribution in [-0.4, -0.2) is 23.9 Å². The van der Waals surface area contributed by atoms with Gasteiger partial charge in [0.15, 0.2) is 6.10 Å². The van der Waals surface area contributed by atoms with Crippen LogP contribution in [0.2, 0.25) is 0 Å². The Morgan fingerprint density at radius 2 is 2.00 bits per heavy atom. The van der Waals surface area contributed by atoms with Crippen molar-refractivity contribution >= 4 is 34.1 Å². The van der Waals surface area contributed by atoms with Gasteiger partial charge >= 0.3 is 5.97 Å². The fourth-order valence-corrected chi connectivity index (χ4v) is 3.71. The first-order valence-corrected chi connectivity index (χ1v) is 8.97. The molecule has 0 aliphatic heterocycles. The van der Waals surface area contributed by atoms with Crippen LogP contribution < -0.4 is 11.1 Å². The van der Waals surface area contributed by atoms with Gasteiger partial charge in [-0.1, -0.05) is 25.5 Å². The molecular formula is C18H24N2O4S. The lowest BCUT2D eigenvalue weighted by atomic mass is 10.1. The molecular weight excluding hydrogens is 340 g/mol. The number of hydrogen-bond donors (Lipinski definition) is 2. The minimum Gasteiger partial charge on any atom is -0.452 e. The van der Waals surface area contributed by atoms with Crippen LogP contribution in [0.5, 0.6) is 0 Å². The van der Waals surface area contributed by atoms with E-state index in [0.29, 0.717) is 5.00 Å². The maximum absolute atomic E-state index is 12.4. The quantitative estimate of drug-likeness (QED) is 0.599. The number of carbonyl (C=O) groups excluding carboxylic acids is 3. The number of rotatable bonds is 6. The minimum atomic E-state index is -0.959. The van der Waals surface area contributed by atoms with Gasteiger partial charge < -0.3 is 15.8 Å². The third kappa shape index (κ3) is 4.10. The lowest BCUT2D eigenvalue weighted by Crippen LogP contribution is -2.31. The Balaban J connectivity index is 1.97. The lowest BCUT2D eigenvalue weighted by molar-refractivity contribution is -0.155. The second-order valence-electron chi connectivity index (χ2n) is 7.16. The molecule has 136 valence electrons. The third-order valence-corrected chi connectivity index (χ3v) is 5.34. The zero-order chi connectivity index (χ0) is 18.9. The summed E-state index contributed by atoms with van der Waals surface area (Å²) in [7, 11) is 0. The van der Waals surface area contributed by atoms with Gasteiger partial charge in [0.25, 0.3) is 11.8 Å². The molecule has 1 aromatic rings. The number of carbonyl (C=O) groups is 3. The van der Waals surface area contributed by atoms with Crippen molar-refractivity contribution in [2.45, 2.75) is 40.7 Å². The highest BCUT2D eigenvalue weighted by Gasteiger charge is 2.61. The molecule has 2 amide bonds. The molecule has 1 aliphatic carbocycles. The molecule has 2 rings (SSSR count). The maximum Gasteiger partial charge on any atom is 0.310 e. The molecule has 0 bridgehead atoms. The Labute approximate surface area is 151 Å². The summed E-state index contributed by atoms with van der Waals surface area (Å²) in [6.45, 7) is 9.52. The molecule has 1 saturated carbocycles. The molecule has 1 aromatic heterocycles. The second-order valence-corrected chi connectivity index (χ2v) is 8.08. The maximum atomic E-state index is 12.4. The lowest BCUT2D eigenvalue weighted by Gasteiger charge is -2.14. The number of hydrogen-bond acceptors (Lipinski definition) is 5. The molecule has 1 fully saturated rings. The molecule has 7 heteroatoms. The number of amides is 2. The van der Waals surface area contributed by atoms with E-state index in [1.165, 1.54) is 24.3 Å². The van der Waals surface area contributed by atoms with Crippen molar-refractivity contribution in [2.75, 3.05) is 5.32 Å². The van der Waals surface area contributed by atoms with Crippen LogP contribution in [0.4, 0.5) is 5.00 Å². The second kappa shape index (κ2) is 7.00. The average molecular weight is 364 g/mol. The van der Waals surface area contributed by atoms with E-state index in [2.05, 4.69) is 11.4 Å². The van der Waals surface area contributed by atoms with E-state index in [1.807, 2.05) is 27.7 Å². The van der Waals surface area contributed by atoms with Gasteiger partial charge in [-0.3, -0.25) is 14.4 Å². The smallest absolute Gasteiger partial charge is 0.310 e. The molecule has 6 nitrogen and oxygen atoms in total. The summed E-state index contributed by atoms with van der Waals surface area (Å²) in [5.74, 6) is -1.61. The standard InChI is InChI=1S/C18H24N2O4S/c1-9(2)8-12-13(18(12,4)5)17(23)24-10(3)15(22)20-16-11(14(19)21)6-7-25-16/h6-8,10,12-13H,1-5H3,(H2,19,21)(H,20,22). The van der Waals surface area contributed by atoms with Crippen molar-refractivity contribution in [1.82, 2.24) is 0 Å². The van der Waals surface area contributed by atoms with Gasteiger partial charge in [-0.15, -0.1) is 11.3 Å². The van der Waals surface area contributed by atoms with Crippen LogP contribution in [0.1, 0.15) is 45.0 Å². The van der Waals surface area contributed by atoms with E-state index < -0.39 is 17.9 Å². The number of nitrogens with one attached hydrogen (secondary N) is 1. The van der Waals surface area contributed by atoms with E-state index in [4.69, 9.17) is 10.5 Å². The predicted molar refractivity (Wildman–Crippen MR) is 97.2 cm³/mol.